The minimum Gasteiger partial charge on any atom is -0.478 e. The van der Waals surface area contributed by atoms with Crippen molar-refractivity contribution in [1.82, 2.24) is 49.4 Å². The SMILES string of the molecule is COC(=O)c1ccc(C)c(I)c1.COC(=O)c1ccc(C)c(Nc2nccc(-c3ccccc3)n2)c1.Cc1ccc(C(=O)Nc2cc(-n3ccnc3)cc(C(F)(F)F)c2)cc1Nc1nccc(-c2ccccc2)n1.Cc1ccc(C(=O)O)cc1Nc1nccc(-c2ccccc2)n1.Nc1nccc(-c2ccccc2)n1. The number of nitrogen functional groups attached to an aromatic ring is 1. The van der Waals surface area contributed by atoms with Gasteiger partial charge in [-0.05, 0) is 164 Å². The molecule has 0 saturated carbocycles. The third-order valence-corrected chi connectivity index (χ3v) is 17.4. The summed E-state index contributed by atoms with van der Waals surface area (Å²) in [5.41, 5.74) is 19.5. The standard InChI is InChI=1S/C28H21F3N6O.C19H17N3O2.C18H15N3O2.C10H9N3.C9H9IO2/c1-18-7-8-20(13-25(18)36-27-33-10-9-24(35-27)19-5-3-2-4-6-19)26(38)34-22-14-21(28(29,30)31)15-23(16-22)37-12-11-32-17-37;1-13-8-9-15(18(23)24-2)12-17(13)22-19-20-11-10-16(21-19)14-6-4-3-5-7-14;1-12-7-8-14(17(22)23)11-16(12)21-18-19-10-9-15(20-18)13-5-3-2-4-6-13;11-10-12-7-6-9(13-10)8-4-2-1-3-5-8;1-6-3-4-7(5-8(6)10)9(11)12-2/h2-17H,1H3,(H,34,38)(H,33,35,36);3-12H,1-2H3,(H,20,21,22);2-11H,1H3,(H,22,23)(H,19,20,21);1-7H,(H2,11,12,13);3-5H,1-2H3. The van der Waals surface area contributed by atoms with Crippen molar-refractivity contribution in [3.05, 3.63) is 334 Å². The van der Waals surface area contributed by atoms with Crippen LogP contribution in [-0.2, 0) is 15.7 Å². The topological polar surface area (TPSA) is 302 Å². The molecule has 5 heterocycles. The van der Waals surface area contributed by atoms with Crippen molar-refractivity contribution < 1.29 is 46.9 Å². The first-order valence-electron chi connectivity index (χ1n) is 33.7. The van der Waals surface area contributed by atoms with Crippen LogP contribution in [0.5, 0.6) is 0 Å². The van der Waals surface area contributed by atoms with Gasteiger partial charge in [-0.2, -0.15) is 13.2 Å². The van der Waals surface area contributed by atoms with Crippen molar-refractivity contribution in [2.24, 2.45) is 0 Å². The van der Waals surface area contributed by atoms with Gasteiger partial charge in [-0.15, -0.1) is 0 Å². The largest absolute Gasteiger partial charge is 0.478 e. The molecule has 14 aromatic rings. The second-order valence-corrected chi connectivity index (χ2v) is 25.1. The lowest BCUT2D eigenvalue weighted by atomic mass is 10.1. The van der Waals surface area contributed by atoms with Crippen LogP contribution in [0.1, 0.15) is 69.2 Å². The highest BCUT2D eigenvalue weighted by Crippen LogP contribution is 2.34. The van der Waals surface area contributed by atoms with Gasteiger partial charge in [0.25, 0.3) is 5.91 Å². The lowest BCUT2D eigenvalue weighted by Gasteiger charge is -2.14. The molecule has 0 fully saturated rings. The molecular weight excluding hydrogens is 1510 g/mol. The van der Waals surface area contributed by atoms with E-state index in [1.807, 2.05) is 185 Å². The minimum atomic E-state index is -4.59. The maximum absolute atomic E-state index is 13.5. The number of imidazole rings is 1. The van der Waals surface area contributed by atoms with Crippen LogP contribution in [0.3, 0.4) is 0 Å². The summed E-state index contributed by atoms with van der Waals surface area (Å²) < 4.78 is 52.5. The smallest absolute Gasteiger partial charge is 0.416 e. The molecule has 0 aliphatic rings. The number of methoxy groups -OCH3 is 2. The number of halogens is 4. The van der Waals surface area contributed by atoms with Crippen LogP contribution in [0.4, 0.5) is 59.7 Å². The number of nitrogens with two attached hydrogens (primary N) is 1. The molecule has 0 bridgehead atoms. The number of hydrogen-bond donors (Lipinski definition) is 6. The van der Waals surface area contributed by atoms with Crippen LogP contribution in [0.25, 0.3) is 50.7 Å². The number of carboxylic acids is 1. The summed E-state index contributed by atoms with van der Waals surface area (Å²) in [5, 5.41) is 21.1. The average Bonchev–Trinajstić information content (AvgIpc) is 1.29. The Bertz CT molecular complexity index is 5480. The summed E-state index contributed by atoms with van der Waals surface area (Å²) >= 11 is 2.19. The molecule has 552 valence electrons. The van der Waals surface area contributed by atoms with Gasteiger partial charge in [0.2, 0.25) is 23.8 Å². The van der Waals surface area contributed by atoms with Crippen LogP contribution in [-0.4, -0.2) is 92.6 Å². The van der Waals surface area contributed by atoms with E-state index in [1.165, 1.54) is 49.1 Å². The Labute approximate surface area is 645 Å². The number of esters is 2. The van der Waals surface area contributed by atoms with E-state index in [-0.39, 0.29) is 34.4 Å². The third-order valence-electron chi connectivity index (χ3n) is 16.2. The molecule has 0 aliphatic carbocycles. The number of amides is 1. The summed E-state index contributed by atoms with van der Waals surface area (Å²) in [5.74, 6) is -0.644. The number of anilines is 8. The van der Waals surface area contributed by atoms with Gasteiger partial charge in [-0.3, -0.25) is 4.79 Å². The third kappa shape index (κ3) is 22.3. The number of carbonyl (C=O) groups excluding carboxylic acids is 3. The number of aromatic nitrogens is 10. The molecule has 110 heavy (non-hydrogen) atoms. The Morgan fingerprint density at radius 3 is 1.22 bits per heavy atom. The molecule has 0 saturated heterocycles. The lowest BCUT2D eigenvalue weighted by molar-refractivity contribution is -0.137. The second-order valence-electron chi connectivity index (χ2n) is 24.0. The van der Waals surface area contributed by atoms with E-state index in [2.05, 4.69) is 93.5 Å². The molecule has 0 radical (unpaired) electrons. The number of carbonyl (C=O) groups is 4. The number of aryl methyl sites for hydroxylation is 4. The van der Waals surface area contributed by atoms with Gasteiger partial charge < -0.3 is 46.1 Å². The van der Waals surface area contributed by atoms with E-state index in [0.717, 1.165) is 83.1 Å². The van der Waals surface area contributed by atoms with Crippen molar-refractivity contribution in [1.29, 1.82) is 0 Å². The van der Waals surface area contributed by atoms with Crippen LogP contribution in [0, 0.1) is 31.3 Å². The predicted octanol–water partition coefficient (Wildman–Crippen LogP) is 18.6. The predicted molar refractivity (Wildman–Crippen MR) is 428 cm³/mol. The summed E-state index contributed by atoms with van der Waals surface area (Å²) in [4.78, 5) is 85.0. The fraction of sp³-hybridized carbons (Fsp3) is 0.0833. The maximum Gasteiger partial charge on any atom is 0.416 e. The number of nitrogens with one attached hydrogen (secondary N) is 4. The highest BCUT2D eigenvalue weighted by atomic mass is 127. The zero-order valence-corrected chi connectivity index (χ0v) is 62.2. The van der Waals surface area contributed by atoms with E-state index >= 15 is 0 Å². The Morgan fingerprint density at radius 1 is 0.445 bits per heavy atom. The molecule has 0 spiro atoms. The minimum absolute atomic E-state index is 0.00232. The molecule has 5 aromatic heterocycles. The first-order chi connectivity index (χ1) is 53.1. The Morgan fingerprint density at radius 2 is 0.827 bits per heavy atom. The Hall–Kier alpha value is -13.9. The number of benzene rings is 9. The molecule has 26 heteroatoms. The number of hydrogen-bond acceptors (Lipinski definition) is 19. The molecule has 0 atom stereocenters. The van der Waals surface area contributed by atoms with Crippen LogP contribution in [0.2, 0.25) is 0 Å². The molecule has 9 aromatic carbocycles. The second kappa shape index (κ2) is 37.9. The van der Waals surface area contributed by atoms with Crippen LogP contribution >= 0.6 is 22.6 Å². The number of carboxylic acid groups (broad SMARTS) is 1. The van der Waals surface area contributed by atoms with E-state index in [9.17, 15) is 32.3 Å². The monoisotopic (exact) mass is 1590 g/mol. The zero-order chi connectivity index (χ0) is 78.1. The van der Waals surface area contributed by atoms with E-state index in [1.54, 1.807) is 85.5 Å². The fourth-order valence-electron chi connectivity index (χ4n) is 10.3. The summed E-state index contributed by atoms with van der Waals surface area (Å²) in [6, 6.07) is 70.5. The molecule has 22 nitrogen and oxygen atoms in total. The molecule has 0 aliphatic heterocycles. The first kappa shape index (κ1) is 78.7. The van der Waals surface area contributed by atoms with Crippen LogP contribution < -0.4 is 27.0 Å². The average molecular weight is 1590 g/mol. The van der Waals surface area contributed by atoms with E-state index < -0.39 is 23.6 Å². The van der Waals surface area contributed by atoms with Crippen molar-refractivity contribution in [3.63, 3.8) is 0 Å². The van der Waals surface area contributed by atoms with Gasteiger partial charge in [0.05, 0.1) is 65.6 Å². The summed E-state index contributed by atoms with van der Waals surface area (Å²) in [7, 11) is 2.75. The number of aromatic carboxylic acids is 1. The zero-order valence-electron chi connectivity index (χ0n) is 60.0. The highest BCUT2D eigenvalue weighted by molar-refractivity contribution is 14.1. The van der Waals surface area contributed by atoms with Gasteiger partial charge in [-0.1, -0.05) is 146 Å². The number of alkyl halides is 3. The van der Waals surface area contributed by atoms with Gasteiger partial charge >= 0.3 is 24.1 Å². The molecular formula is C84H71F3IN15O7. The Balaban J connectivity index is 0.000000156. The Kier molecular flexibility index (Phi) is 27.1. The van der Waals surface area contributed by atoms with Crippen LogP contribution in [0.15, 0.2) is 280 Å². The van der Waals surface area contributed by atoms with Gasteiger partial charge in [0.1, 0.15) is 0 Å². The van der Waals surface area contributed by atoms with Crippen molar-refractivity contribution in [2.75, 3.05) is 41.2 Å². The normalized spacial score (nSPS) is 10.5. The number of rotatable bonds is 16. The molecule has 14 rings (SSSR count). The maximum atomic E-state index is 13.5. The molecule has 7 N–H and O–H groups in total. The molecule has 0 unspecified atom stereocenters. The molecule has 1 amide bonds. The first-order valence-corrected chi connectivity index (χ1v) is 34.8. The van der Waals surface area contributed by atoms with Crippen molar-refractivity contribution in [2.45, 2.75) is 33.9 Å². The summed E-state index contributed by atoms with van der Waals surface area (Å²) in [6.45, 7) is 7.71. The van der Waals surface area contributed by atoms with Crippen molar-refractivity contribution in [3.8, 4) is 50.7 Å². The van der Waals surface area contributed by atoms with E-state index in [4.69, 9.17) is 15.6 Å². The number of ether oxygens (including phenoxy) is 2. The van der Waals surface area contributed by atoms with Crippen molar-refractivity contribution >= 4 is 92.9 Å². The quantitative estimate of drug-likeness (QED) is 0.0387. The fourth-order valence-corrected chi connectivity index (χ4v) is 10.8. The van der Waals surface area contributed by atoms with Gasteiger partial charge in [0, 0.05) is 97.0 Å². The van der Waals surface area contributed by atoms with Gasteiger partial charge in [0.15, 0.2) is 0 Å². The highest BCUT2D eigenvalue weighted by Gasteiger charge is 2.32. The van der Waals surface area contributed by atoms with Gasteiger partial charge in [-0.25, -0.2) is 59.2 Å². The summed E-state index contributed by atoms with van der Waals surface area (Å²) in [6.07, 6.45) is 6.44. The number of nitrogens with zero attached hydrogens (tertiary/aromatic N) is 10. The van der Waals surface area contributed by atoms with E-state index in [0.29, 0.717) is 46.3 Å². The lowest BCUT2D eigenvalue weighted by Crippen LogP contribution is -2.14.